The molecule has 2 heteroatoms. The molecular formula is C10H17NO. The average molecular weight is 167 g/mol. The number of ketones is 1. The van der Waals surface area contributed by atoms with Crippen LogP contribution in [0.5, 0.6) is 0 Å². The normalized spacial score (nSPS) is 36.9. The van der Waals surface area contributed by atoms with E-state index in [9.17, 15) is 4.79 Å². The maximum atomic E-state index is 10.9. The summed E-state index contributed by atoms with van der Waals surface area (Å²) in [6.45, 7) is 2.28. The summed E-state index contributed by atoms with van der Waals surface area (Å²) < 4.78 is 0. The number of carbonyl (C=O) groups excluding carboxylic acids is 1. The van der Waals surface area contributed by atoms with Gasteiger partial charge in [-0.3, -0.25) is 4.79 Å². The van der Waals surface area contributed by atoms with E-state index in [2.05, 4.69) is 12.2 Å². The molecule has 0 aliphatic heterocycles. The minimum Gasteiger partial charge on any atom is -0.311 e. The molecule has 2 atom stereocenters. The lowest BCUT2D eigenvalue weighted by molar-refractivity contribution is -0.120. The predicted molar refractivity (Wildman–Crippen MR) is 48.0 cm³/mol. The molecule has 0 saturated heterocycles. The van der Waals surface area contributed by atoms with Crippen LogP contribution in [0.15, 0.2) is 0 Å². The number of Topliss-reactive ketones (excluding diaryl/α,β-unsaturated/α-hetero) is 1. The number of nitrogens with one attached hydrogen (secondary N) is 1. The van der Waals surface area contributed by atoms with E-state index in [0.29, 0.717) is 11.8 Å². The monoisotopic (exact) mass is 167 g/mol. The number of hydrogen-bond acceptors (Lipinski definition) is 2. The van der Waals surface area contributed by atoms with Gasteiger partial charge in [0.05, 0.1) is 0 Å². The molecule has 0 aromatic heterocycles. The zero-order valence-corrected chi connectivity index (χ0v) is 7.68. The van der Waals surface area contributed by atoms with E-state index in [0.717, 1.165) is 37.6 Å². The van der Waals surface area contributed by atoms with Crippen molar-refractivity contribution in [3.8, 4) is 0 Å². The first-order valence-electron chi connectivity index (χ1n) is 5.03. The van der Waals surface area contributed by atoms with Crippen LogP contribution in [0.4, 0.5) is 0 Å². The van der Waals surface area contributed by atoms with Gasteiger partial charge in [-0.15, -0.1) is 0 Å². The highest BCUT2D eigenvalue weighted by Gasteiger charge is 2.34. The molecular weight excluding hydrogens is 150 g/mol. The van der Waals surface area contributed by atoms with Crippen LogP contribution >= 0.6 is 0 Å². The summed E-state index contributed by atoms with van der Waals surface area (Å²) in [4.78, 5) is 10.9. The van der Waals surface area contributed by atoms with Crippen molar-refractivity contribution in [1.29, 1.82) is 0 Å². The van der Waals surface area contributed by atoms with Crippen molar-refractivity contribution in [2.75, 3.05) is 0 Å². The maximum Gasteiger partial charge on any atom is 0.133 e. The molecule has 0 bridgehead atoms. The van der Waals surface area contributed by atoms with Crippen LogP contribution in [0.3, 0.4) is 0 Å². The lowest BCUT2D eigenvalue weighted by Crippen LogP contribution is -2.35. The fourth-order valence-electron chi connectivity index (χ4n) is 1.96. The Morgan fingerprint density at radius 1 is 1.33 bits per heavy atom. The third-order valence-corrected chi connectivity index (χ3v) is 3.10. The molecule has 12 heavy (non-hydrogen) atoms. The van der Waals surface area contributed by atoms with E-state index in [-0.39, 0.29) is 0 Å². The van der Waals surface area contributed by atoms with E-state index >= 15 is 0 Å². The fraction of sp³-hybridized carbons (Fsp3) is 0.900. The minimum absolute atomic E-state index is 0.455. The van der Waals surface area contributed by atoms with E-state index in [1.54, 1.807) is 0 Å². The lowest BCUT2D eigenvalue weighted by atomic mass is 9.94. The Bertz CT molecular complexity index is 180. The van der Waals surface area contributed by atoms with Crippen LogP contribution in [0.25, 0.3) is 0 Å². The molecule has 0 heterocycles. The van der Waals surface area contributed by atoms with Crippen molar-refractivity contribution in [2.24, 2.45) is 5.92 Å². The maximum absolute atomic E-state index is 10.9. The summed E-state index contributed by atoms with van der Waals surface area (Å²) >= 11 is 0. The molecule has 0 spiro atoms. The Hall–Kier alpha value is -0.370. The van der Waals surface area contributed by atoms with E-state index in [1.165, 1.54) is 6.42 Å². The molecule has 2 aliphatic carbocycles. The van der Waals surface area contributed by atoms with Crippen molar-refractivity contribution < 1.29 is 4.79 Å². The van der Waals surface area contributed by atoms with E-state index in [4.69, 9.17) is 0 Å². The van der Waals surface area contributed by atoms with Gasteiger partial charge < -0.3 is 5.32 Å². The van der Waals surface area contributed by atoms with Gasteiger partial charge in [-0.2, -0.15) is 0 Å². The topological polar surface area (TPSA) is 29.1 Å². The first kappa shape index (κ1) is 8.24. The van der Waals surface area contributed by atoms with Gasteiger partial charge in [0.15, 0.2) is 0 Å². The number of hydrogen-bond donors (Lipinski definition) is 1. The molecule has 1 unspecified atom stereocenters. The SMILES string of the molecule is C[C@@H]1CC1NC1CCC(=O)CC1. The quantitative estimate of drug-likeness (QED) is 0.675. The first-order chi connectivity index (χ1) is 5.75. The van der Waals surface area contributed by atoms with E-state index in [1.807, 2.05) is 0 Å². The smallest absolute Gasteiger partial charge is 0.133 e. The lowest BCUT2D eigenvalue weighted by Gasteiger charge is -2.22. The molecule has 2 rings (SSSR count). The highest BCUT2D eigenvalue weighted by atomic mass is 16.1. The molecule has 2 fully saturated rings. The standard InChI is InChI=1S/C10H17NO/c1-7-6-10(7)11-8-2-4-9(12)5-3-8/h7-8,10-11H,2-6H2,1H3/t7-,10?/m1/s1. The highest BCUT2D eigenvalue weighted by Crippen LogP contribution is 2.31. The van der Waals surface area contributed by atoms with Crippen LogP contribution < -0.4 is 5.32 Å². The van der Waals surface area contributed by atoms with Gasteiger partial charge >= 0.3 is 0 Å². The zero-order chi connectivity index (χ0) is 8.55. The first-order valence-corrected chi connectivity index (χ1v) is 5.03. The number of carbonyl (C=O) groups is 1. The number of rotatable bonds is 2. The van der Waals surface area contributed by atoms with Crippen molar-refractivity contribution in [2.45, 2.75) is 51.1 Å². The summed E-state index contributed by atoms with van der Waals surface area (Å²) in [5, 5.41) is 3.61. The van der Waals surface area contributed by atoms with Crippen LogP contribution in [-0.4, -0.2) is 17.9 Å². The van der Waals surface area contributed by atoms with Crippen LogP contribution in [0.2, 0.25) is 0 Å². The second-order valence-electron chi connectivity index (χ2n) is 4.30. The molecule has 1 N–H and O–H groups in total. The van der Waals surface area contributed by atoms with Crippen molar-refractivity contribution in [3.05, 3.63) is 0 Å². The summed E-state index contributed by atoms with van der Waals surface area (Å²) in [5.74, 6) is 1.33. The largest absolute Gasteiger partial charge is 0.311 e. The van der Waals surface area contributed by atoms with Gasteiger partial charge in [-0.25, -0.2) is 0 Å². The summed E-state index contributed by atoms with van der Waals surface area (Å²) in [6.07, 6.45) is 5.09. The van der Waals surface area contributed by atoms with Gasteiger partial charge in [-0.05, 0) is 25.2 Å². The van der Waals surface area contributed by atoms with Crippen molar-refractivity contribution >= 4 is 5.78 Å². The summed E-state index contributed by atoms with van der Waals surface area (Å²) in [6, 6.07) is 1.40. The third-order valence-electron chi connectivity index (χ3n) is 3.10. The van der Waals surface area contributed by atoms with Gasteiger partial charge in [-0.1, -0.05) is 6.92 Å². The van der Waals surface area contributed by atoms with Crippen LogP contribution in [-0.2, 0) is 4.79 Å². The molecule has 68 valence electrons. The van der Waals surface area contributed by atoms with Crippen molar-refractivity contribution in [1.82, 2.24) is 5.32 Å². The van der Waals surface area contributed by atoms with Gasteiger partial charge in [0.1, 0.15) is 5.78 Å². The predicted octanol–water partition coefficient (Wildman–Crippen LogP) is 1.50. The third kappa shape index (κ3) is 1.86. The summed E-state index contributed by atoms with van der Waals surface area (Å²) in [5.41, 5.74) is 0. The molecule has 0 radical (unpaired) electrons. The second-order valence-corrected chi connectivity index (χ2v) is 4.30. The molecule has 0 aromatic rings. The van der Waals surface area contributed by atoms with Crippen LogP contribution in [0.1, 0.15) is 39.0 Å². The molecule has 2 nitrogen and oxygen atoms in total. The minimum atomic E-state index is 0.455. The van der Waals surface area contributed by atoms with Gasteiger partial charge in [0.25, 0.3) is 0 Å². The van der Waals surface area contributed by atoms with Crippen molar-refractivity contribution in [3.63, 3.8) is 0 Å². The Morgan fingerprint density at radius 2 is 1.92 bits per heavy atom. The average Bonchev–Trinajstić information content (AvgIpc) is 2.72. The Labute approximate surface area is 73.7 Å². The molecule has 2 saturated carbocycles. The Kier molecular flexibility index (Phi) is 2.18. The Balaban J connectivity index is 1.71. The van der Waals surface area contributed by atoms with E-state index < -0.39 is 0 Å². The molecule has 0 aromatic carbocycles. The fourth-order valence-corrected chi connectivity index (χ4v) is 1.96. The Morgan fingerprint density at radius 3 is 2.42 bits per heavy atom. The zero-order valence-electron chi connectivity index (χ0n) is 7.68. The van der Waals surface area contributed by atoms with Crippen LogP contribution in [0, 0.1) is 5.92 Å². The molecule has 0 amide bonds. The second kappa shape index (κ2) is 3.17. The highest BCUT2D eigenvalue weighted by molar-refractivity contribution is 5.79. The van der Waals surface area contributed by atoms with Gasteiger partial charge in [0.2, 0.25) is 0 Å². The van der Waals surface area contributed by atoms with Gasteiger partial charge in [0, 0.05) is 24.9 Å². The summed E-state index contributed by atoms with van der Waals surface area (Å²) in [7, 11) is 0. The molecule has 2 aliphatic rings.